The zero-order valence-electron chi connectivity index (χ0n) is 14.3. The third-order valence-corrected chi connectivity index (χ3v) is 4.00. The maximum absolute atomic E-state index is 12.7. The number of rotatable bonds is 4. The van der Waals surface area contributed by atoms with Crippen LogP contribution in [0.25, 0.3) is 5.52 Å². The molecule has 3 aromatic heterocycles. The number of aromatic nitrogens is 6. The summed E-state index contributed by atoms with van der Waals surface area (Å²) in [5.41, 5.74) is 2.63. The Kier molecular flexibility index (Phi) is 4.17. The predicted molar refractivity (Wildman–Crippen MR) is 93.2 cm³/mol. The van der Waals surface area contributed by atoms with E-state index in [0.717, 1.165) is 21.5 Å². The van der Waals surface area contributed by atoms with E-state index in [0.29, 0.717) is 5.69 Å². The first-order valence-electron chi connectivity index (χ1n) is 8.11. The zero-order chi connectivity index (χ0) is 18.8. The van der Waals surface area contributed by atoms with Gasteiger partial charge in [-0.05, 0) is 24.6 Å². The van der Waals surface area contributed by atoms with Crippen molar-refractivity contribution in [1.82, 2.24) is 29.6 Å². The van der Waals surface area contributed by atoms with Crippen molar-refractivity contribution >= 4 is 17.4 Å². The molecule has 0 amide bonds. The van der Waals surface area contributed by atoms with Gasteiger partial charge in [-0.3, -0.25) is 4.79 Å². The molecule has 0 unspecified atom stereocenters. The maximum atomic E-state index is 12.7. The molecule has 134 valence electrons. The van der Waals surface area contributed by atoms with Crippen molar-refractivity contribution in [2.45, 2.75) is 13.5 Å². The molecule has 9 heteroatoms. The van der Waals surface area contributed by atoms with Crippen molar-refractivity contribution in [2.75, 3.05) is 0 Å². The van der Waals surface area contributed by atoms with E-state index in [2.05, 4.69) is 20.4 Å². The summed E-state index contributed by atoms with van der Waals surface area (Å²) in [6, 6.07) is 12.6. The monoisotopic (exact) mass is 362 g/mol. The Balaban J connectivity index is 1.52. The van der Waals surface area contributed by atoms with Gasteiger partial charge in [-0.2, -0.15) is 9.78 Å². The van der Waals surface area contributed by atoms with Gasteiger partial charge in [-0.25, -0.2) is 14.3 Å². The van der Waals surface area contributed by atoms with E-state index in [9.17, 15) is 9.59 Å². The van der Waals surface area contributed by atoms with Gasteiger partial charge in [0.25, 0.3) is 0 Å². The number of hydrogen-bond donors (Lipinski definition) is 0. The quantitative estimate of drug-likeness (QED) is 0.512. The fourth-order valence-electron chi connectivity index (χ4n) is 2.60. The van der Waals surface area contributed by atoms with Crippen LogP contribution < -0.4 is 0 Å². The maximum Gasteiger partial charge on any atom is 0.436 e. The Bertz CT molecular complexity index is 1130. The van der Waals surface area contributed by atoms with Crippen LogP contribution in [0.4, 0.5) is 4.79 Å². The molecule has 0 aliphatic rings. The summed E-state index contributed by atoms with van der Waals surface area (Å²) < 4.78 is 7.55. The first kappa shape index (κ1) is 16.6. The van der Waals surface area contributed by atoms with E-state index in [1.165, 1.54) is 17.0 Å². The lowest BCUT2D eigenvalue weighted by molar-refractivity contribution is 0.102. The summed E-state index contributed by atoms with van der Waals surface area (Å²) >= 11 is 0. The summed E-state index contributed by atoms with van der Waals surface area (Å²) in [4.78, 5) is 28.9. The Morgan fingerprint density at radius 2 is 1.93 bits per heavy atom. The molecule has 1 aromatic carbocycles. The third kappa shape index (κ3) is 3.17. The minimum atomic E-state index is -0.719. The van der Waals surface area contributed by atoms with Crippen molar-refractivity contribution in [2.24, 2.45) is 0 Å². The van der Waals surface area contributed by atoms with E-state index >= 15 is 0 Å². The first-order valence-corrected chi connectivity index (χ1v) is 8.11. The highest BCUT2D eigenvalue weighted by molar-refractivity contribution is 6.07. The van der Waals surface area contributed by atoms with E-state index in [4.69, 9.17) is 4.74 Å². The number of nitrogens with zero attached hydrogens (tertiary/aromatic N) is 6. The van der Waals surface area contributed by atoms with Crippen molar-refractivity contribution in [3.63, 3.8) is 0 Å². The summed E-state index contributed by atoms with van der Waals surface area (Å²) in [7, 11) is 0. The SMILES string of the molecule is Cc1ncnn2c(C(=O)c3cn(C(=O)OCc4ccccc4)nn3)ccc12. The van der Waals surface area contributed by atoms with Gasteiger partial charge >= 0.3 is 6.09 Å². The molecule has 0 fully saturated rings. The second kappa shape index (κ2) is 6.79. The van der Waals surface area contributed by atoms with E-state index in [1.54, 1.807) is 12.1 Å². The van der Waals surface area contributed by atoms with Gasteiger partial charge in [0.15, 0.2) is 5.69 Å². The molecule has 0 bridgehead atoms. The Morgan fingerprint density at radius 1 is 1.11 bits per heavy atom. The van der Waals surface area contributed by atoms with Gasteiger partial charge < -0.3 is 4.74 Å². The molecule has 9 nitrogen and oxygen atoms in total. The second-order valence-corrected chi connectivity index (χ2v) is 5.78. The van der Waals surface area contributed by atoms with Crippen LogP contribution >= 0.6 is 0 Å². The molecule has 4 aromatic rings. The summed E-state index contributed by atoms with van der Waals surface area (Å²) in [5.74, 6) is -0.407. The molecule has 0 radical (unpaired) electrons. The van der Waals surface area contributed by atoms with Crippen LogP contribution in [0.15, 0.2) is 55.0 Å². The molecule has 0 atom stereocenters. The number of ketones is 1. The molecule has 0 N–H and O–H groups in total. The number of hydrogen-bond acceptors (Lipinski definition) is 7. The normalized spacial score (nSPS) is 10.9. The first-order chi connectivity index (χ1) is 13.1. The van der Waals surface area contributed by atoms with Gasteiger partial charge in [0.1, 0.15) is 18.6 Å². The number of aryl methyl sites for hydroxylation is 1. The number of ether oxygens (including phenoxy) is 1. The average molecular weight is 362 g/mol. The second-order valence-electron chi connectivity index (χ2n) is 5.78. The van der Waals surface area contributed by atoms with Crippen LogP contribution in [-0.2, 0) is 11.3 Å². The molecule has 4 rings (SSSR count). The standard InChI is InChI=1S/C18H14N6O3/c1-12-15-7-8-16(24(15)20-11-19-12)17(25)14-9-23(22-21-14)18(26)27-10-13-5-3-2-4-6-13/h2-9,11H,10H2,1H3. The third-order valence-electron chi connectivity index (χ3n) is 4.00. The summed E-state index contributed by atoms with van der Waals surface area (Å²) in [6.07, 6.45) is 1.89. The van der Waals surface area contributed by atoms with Gasteiger partial charge in [-0.15, -0.1) is 5.10 Å². The molecule has 0 aliphatic carbocycles. The van der Waals surface area contributed by atoms with Gasteiger partial charge in [0, 0.05) is 0 Å². The number of fused-ring (bicyclic) bond motifs is 1. The minimum absolute atomic E-state index is 0.0166. The molecule has 0 spiro atoms. The van der Waals surface area contributed by atoms with E-state index in [1.807, 2.05) is 37.3 Å². The van der Waals surface area contributed by atoms with Crippen molar-refractivity contribution < 1.29 is 14.3 Å². The lowest BCUT2D eigenvalue weighted by atomic mass is 10.2. The van der Waals surface area contributed by atoms with Gasteiger partial charge in [-0.1, -0.05) is 35.5 Å². The van der Waals surface area contributed by atoms with E-state index < -0.39 is 11.9 Å². The number of carbonyl (C=O) groups excluding carboxylic acids is 2. The van der Waals surface area contributed by atoms with Gasteiger partial charge in [0.2, 0.25) is 5.78 Å². The van der Waals surface area contributed by atoms with Crippen molar-refractivity contribution in [1.29, 1.82) is 0 Å². The summed E-state index contributed by atoms with van der Waals surface area (Å²) in [5, 5.41) is 11.6. The Morgan fingerprint density at radius 3 is 2.74 bits per heavy atom. The lowest BCUT2D eigenvalue weighted by Gasteiger charge is -2.03. The molecule has 0 saturated carbocycles. The van der Waals surface area contributed by atoms with Crippen molar-refractivity contribution in [3.05, 3.63) is 77.6 Å². The Hall–Kier alpha value is -3.88. The average Bonchev–Trinajstić information content (AvgIpc) is 3.35. The molecule has 0 aliphatic heterocycles. The molecule has 3 heterocycles. The topological polar surface area (TPSA) is 104 Å². The van der Waals surface area contributed by atoms with Crippen molar-refractivity contribution in [3.8, 4) is 0 Å². The highest BCUT2D eigenvalue weighted by Crippen LogP contribution is 2.14. The smallest absolute Gasteiger partial charge is 0.436 e. The summed E-state index contributed by atoms with van der Waals surface area (Å²) in [6.45, 7) is 1.92. The molecular formula is C18H14N6O3. The van der Waals surface area contributed by atoms with E-state index in [-0.39, 0.29) is 12.3 Å². The van der Waals surface area contributed by atoms with Crippen LogP contribution in [0, 0.1) is 6.92 Å². The van der Waals surface area contributed by atoms with Gasteiger partial charge in [0.05, 0.1) is 17.4 Å². The number of benzene rings is 1. The predicted octanol–water partition coefficient (Wildman–Crippen LogP) is 2.05. The zero-order valence-corrected chi connectivity index (χ0v) is 14.3. The largest absolute Gasteiger partial charge is 0.443 e. The number of carbonyl (C=O) groups is 2. The highest BCUT2D eigenvalue weighted by atomic mass is 16.6. The fourth-order valence-corrected chi connectivity index (χ4v) is 2.60. The molecule has 27 heavy (non-hydrogen) atoms. The lowest BCUT2D eigenvalue weighted by Crippen LogP contribution is -2.14. The van der Waals surface area contributed by atoms with Crippen LogP contribution in [0.2, 0.25) is 0 Å². The highest BCUT2D eigenvalue weighted by Gasteiger charge is 2.20. The fraction of sp³-hybridized carbons (Fsp3) is 0.111. The molecule has 0 saturated heterocycles. The van der Waals surface area contributed by atoms with Crippen LogP contribution in [0.5, 0.6) is 0 Å². The van der Waals surface area contributed by atoms with Crippen LogP contribution in [0.1, 0.15) is 27.4 Å². The molecular weight excluding hydrogens is 348 g/mol. The van der Waals surface area contributed by atoms with Crippen LogP contribution in [-0.4, -0.2) is 41.5 Å². The minimum Gasteiger partial charge on any atom is -0.443 e. The Labute approximate surface area is 153 Å². The van der Waals surface area contributed by atoms with Crippen LogP contribution in [0.3, 0.4) is 0 Å².